The summed E-state index contributed by atoms with van der Waals surface area (Å²) in [5.41, 5.74) is 3.10. The van der Waals surface area contributed by atoms with Crippen molar-refractivity contribution in [2.75, 3.05) is 20.3 Å². The van der Waals surface area contributed by atoms with Gasteiger partial charge >= 0.3 is 0 Å². The number of aromatic nitrogens is 1. The van der Waals surface area contributed by atoms with Crippen LogP contribution in [0.5, 0.6) is 0 Å². The molecule has 0 spiro atoms. The molecule has 0 aliphatic carbocycles. The fourth-order valence-electron chi connectivity index (χ4n) is 2.45. The molecule has 1 aromatic heterocycles. The van der Waals surface area contributed by atoms with Crippen molar-refractivity contribution >= 4 is 11.1 Å². The maximum absolute atomic E-state index is 5.85. The molecule has 0 saturated carbocycles. The molecular weight excluding hydrogens is 228 g/mol. The molecule has 0 amide bonds. The lowest BCUT2D eigenvalue weighted by Crippen LogP contribution is -2.31. The van der Waals surface area contributed by atoms with Crippen LogP contribution in [-0.4, -0.2) is 31.3 Å². The molecule has 2 heterocycles. The number of nitrogens with zero attached hydrogens (tertiary/aromatic N) is 1. The number of benzene rings is 1. The minimum Gasteiger partial charge on any atom is -0.440 e. The highest BCUT2D eigenvalue weighted by Gasteiger charge is 2.32. The summed E-state index contributed by atoms with van der Waals surface area (Å²) in [6.07, 6.45) is 1.02. The van der Waals surface area contributed by atoms with Gasteiger partial charge in [0.1, 0.15) is 5.52 Å². The molecule has 1 aromatic carbocycles. The summed E-state index contributed by atoms with van der Waals surface area (Å²) in [5.74, 6) is 1.00. The van der Waals surface area contributed by atoms with Crippen LogP contribution in [-0.2, 0) is 11.2 Å². The molecule has 2 atom stereocenters. The van der Waals surface area contributed by atoms with Crippen LogP contribution < -0.4 is 5.32 Å². The van der Waals surface area contributed by atoms with Crippen LogP contribution in [0.1, 0.15) is 24.3 Å². The second-order valence-corrected chi connectivity index (χ2v) is 4.75. The van der Waals surface area contributed by atoms with E-state index < -0.39 is 0 Å². The minimum absolute atomic E-state index is 0.215. The third-order valence-corrected chi connectivity index (χ3v) is 3.65. The molecule has 96 valence electrons. The van der Waals surface area contributed by atoms with Crippen LogP contribution in [0, 0.1) is 0 Å². The molecule has 1 aliphatic rings. The molecular formula is C14H18N2O2. The predicted molar refractivity (Wildman–Crippen MR) is 69.8 cm³/mol. The molecule has 1 fully saturated rings. The number of rotatable bonds is 3. The van der Waals surface area contributed by atoms with E-state index in [0.717, 1.165) is 30.0 Å². The van der Waals surface area contributed by atoms with Crippen LogP contribution in [0.2, 0.25) is 0 Å². The van der Waals surface area contributed by atoms with E-state index in [9.17, 15) is 0 Å². The number of fused-ring (bicyclic) bond motifs is 1. The van der Waals surface area contributed by atoms with Gasteiger partial charge in [-0.2, -0.15) is 0 Å². The lowest BCUT2D eigenvalue weighted by Gasteiger charge is -2.12. The van der Waals surface area contributed by atoms with Gasteiger partial charge in [0.05, 0.1) is 19.1 Å². The number of nitrogens with one attached hydrogen (secondary N) is 1. The monoisotopic (exact) mass is 246 g/mol. The second-order valence-electron chi connectivity index (χ2n) is 4.75. The molecule has 1 aliphatic heterocycles. The van der Waals surface area contributed by atoms with Crippen molar-refractivity contribution in [2.45, 2.75) is 25.3 Å². The maximum atomic E-state index is 5.85. The summed E-state index contributed by atoms with van der Waals surface area (Å²) in [6.45, 7) is 3.54. The van der Waals surface area contributed by atoms with Crippen molar-refractivity contribution in [1.29, 1.82) is 0 Å². The van der Waals surface area contributed by atoms with Crippen molar-refractivity contribution in [3.8, 4) is 0 Å². The van der Waals surface area contributed by atoms with Gasteiger partial charge in [-0.15, -0.1) is 0 Å². The number of hydrogen-bond donors (Lipinski definition) is 1. The fourth-order valence-corrected chi connectivity index (χ4v) is 2.45. The van der Waals surface area contributed by atoms with Gasteiger partial charge in [0, 0.05) is 6.04 Å². The summed E-state index contributed by atoms with van der Waals surface area (Å²) in [6, 6.07) is 6.50. The van der Waals surface area contributed by atoms with Gasteiger partial charge in [0.15, 0.2) is 5.58 Å². The Kier molecular flexibility index (Phi) is 3.06. The van der Waals surface area contributed by atoms with Crippen molar-refractivity contribution in [2.24, 2.45) is 0 Å². The van der Waals surface area contributed by atoms with E-state index in [-0.39, 0.29) is 5.92 Å². The SMILES string of the molecule is CCc1ccc2oc(C3COCC3NC)nc2c1. The van der Waals surface area contributed by atoms with E-state index in [2.05, 4.69) is 29.4 Å². The van der Waals surface area contributed by atoms with Gasteiger partial charge in [-0.25, -0.2) is 4.98 Å². The molecule has 2 aromatic rings. The van der Waals surface area contributed by atoms with Gasteiger partial charge in [-0.1, -0.05) is 13.0 Å². The first-order chi connectivity index (χ1) is 8.81. The zero-order valence-corrected chi connectivity index (χ0v) is 10.8. The summed E-state index contributed by atoms with van der Waals surface area (Å²) < 4.78 is 11.3. The summed E-state index contributed by atoms with van der Waals surface area (Å²) in [4.78, 5) is 4.61. The van der Waals surface area contributed by atoms with Crippen LogP contribution in [0.4, 0.5) is 0 Å². The lowest BCUT2D eigenvalue weighted by molar-refractivity contribution is 0.186. The molecule has 4 nitrogen and oxygen atoms in total. The van der Waals surface area contributed by atoms with Gasteiger partial charge in [0.25, 0.3) is 0 Å². The Morgan fingerprint density at radius 3 is 3.06 bits per heavy atom. The Bertz CT molecular complexity index is 550. The zero-order chi connectivity index (χ0) is 12.5. The van der Waals surface area contributed by atoms with E-state index >= 15 is 0 Å². The fraction of sp³-hybridized carbons (Fsp3) is 0.500. The van der Waals surface area contributed by atoms with E-state index in [1.165, 1.54) is 5.56 Å². The molecule has 0 radical (unpaired) electrons. The number of ether oxygens (including phenoxy) is 1. The van der Waals surface area contributed by atoms with Gasteiger partial charge in [0.2, 0.25) is 5.89 Å². The molecule has 1 saturated heterocycles. The Morgan fingerprint density at radius 2 is 2.28 bits per heavy atom. The summed E-state index contributed by atoms with van der Waals surface area (Å²) in [5, 5.41) is 3.25. The number of oxazole rings is 1. The van der Waals surface area contributed by atoms with Gasteiger partial charge < -0.3 is 14.5 Å². The molecule has 1 N–H and O–H groups in total. The first-order valence-corrected chi connectivity index (χ1v) is 6.46. The highest BCUT2D eigenvalue weighted by molar-refractivity contribution is 5.73. The van der Waals surface area contributed by atoms with Gasteiger partial charge in [-0.05, 0) is 31.2 Å². The quantitative estimate of drug-likeness (QED) is 0.901. The summed E-state index contributed by atoms with van der Waals surface area (Å²) in [7, 11) is 1.95. The normalized spacial score (nSPS) is 23.9. The Labute approximate surface area is 106 Å². The molecule has 3 rings (SSSR count). The first-order valence-electron chi connectivity index (χ1n) is 6.46. The average Bonchev–Trinajstić information content (AvgIpc) is 3.03. The van der Waals surface area contributed by atoms with E-state index in [1.807, 2.05) is 13.1 Å². The summed E-state index contributed by atoms with van der Waals surface area (Å²) >= 11 is 0. The minimum atomic E-state index is 0.215. The predicted octanol–water partition coefficient (Wildman–Crippen LogP) is 2.09. The van der Waals surface area contributed by atoms with Crippen LogP contribution in [0.15, 0.2) is 22.6 Å². The molecule has 4 heteroatoms. The van der Waals surface area contributed by atoms with Crippen LogP contribution in [0.3, 0.4) is 0 Å². The smallest absolute Gasteiger partial charge is 0.202 e. The third kappa shape index (κ3) is 1.91. The molecule has 18 heavy (non-hydrogen) atoms. The van der Waals surface area contributed by atoms with Crippen molar-refractivity contribution in [1.82, 2.24) is 10.3 Å². The zero-order valence-electron chi connectivity index (χ0n) is 10.8. The first kappa shape index (κ1) is 11.7. The second kappa shape index (κ2) is 4.71. The highest BCUT2D eigenvalue weighted by Crippen LogP contribution is 2.28. The Morgan fingerprint density at radius 1 is 1.39 bits per heavy atom. The van der Waals surface area contributed by atoms with Crippen molar-refractivity contribution in [3.63, 3.8) is 0 Å². The highest BCUT2D eigenvalue weighted by atomic mass is 16.5. The van der Waals surface area contributed by atoms with Crippen LogP contribution >= 0.6 is 0 Å². The largest absolute Gasteiger partial charge is 0.440 e. The number of likely N-dealkylation sites (N-methyl/N-ethyl adjacent to an activating group) is 1. The third-order valence-electron chi connectivity index (χ3n) is 3.65. The van der Waals surface area contributed by atoms with Gasteiger partial charge in [-0.3, -0.25) is 0 Å². The number of hydrogen-bond acceptors (Lipinski definition) is 4. The van der Waals surface area contributed by atoms with E-state index in [1.54, 1.807) is 0 Å². The Hall–Kier alpha value is -1.39. The van der Waals surface area contributed by atoms with E-state index in [0.29, 0.717) is 12.6 Å². The average molecular weight is 246 g/mol. The molecule has 2 unspecified atom stereocenters. The Balaban J connectivity index is 1.97. The number of aryl methyl sites for hydroxylation is 1. The molecule has 0 bridgehead atoms. The van der Waals surface area contributed by atoms with Crippen LogP contribution in [0.25, 0.3) is 11.1 Å². The maximum Gasteiger partial charge on any atom is 0.202 e. The van der Waals surface area contributed by atoms with E-state index in [4.69, 9.17) is 9.15 Å². The van der Waals surface area contributed by atoms with Crippen molar-refractivity contribution in [3.05, 3.63) is 29.7 Å². The lowest BCUT2D eigenvalue weighted by atomic mass is 10.0. The standard InChI is InChI=1S/C14H18N2O2/c1-3-9-4-5-13-11(6-9)16-14(18-13)10-7-17-8-12(10)15-2/h4-6,10,12,15H,3,7-8H2,1-2H3. The topological polar surface area (TPSA) is 47.3 Å². The van der Waals surface area contributed by atoms with Crippen molar-refractivity contribution < 1.29 is 9.15 Å².